The average molecular weight is 488 g/mol. The van der Waals surface area contributed by atoms with Crippen molar-refractivity contribution in [2.45, 2.75) is 20.4 Å². The van der Waals surface area contributed by atoms with Gasteiger partial charge in [0, 0.05) is 42.3 Å². The third kappa shape index (κ3) is 5.19. The highest BCUT2D eigenvalue weighted by atomic mass is 32.1. The van der Waals surface area contributed by atoms with E-state index in [1.165, 1.54) is 0 Å². The zero-order chi connectivity index (χ0) is 24.4. The molecular formula is C27H29N5O2S. The van der Waals surface area contributed by atoms with Gasteiger partial charge in [-0.2, -0.15) is 0 Å². The van der Waals surface area contributed by atoms with Gasteiger partial charge in [-0.1, -0.05) is 48.5 Å². The van der Waals surface area contributed by atoms with E-state index in [9.17, 15) is 9.59 Å². The number of H-pyrrole nitrogens is 1. The Balaban J connectivity index is 1.17. The molecule has 35 heavy (non-hydrogen) atoms. The molecule has 3 heterocycles. The molecule has 1 aliphatic rings. The van der Waals surface area contributed by atoms with Crippen LogP contribution in [-0.2, 0) is 11.3 Å². The summed E-state index contributed by atoms with van der Waals surface area (Å²) in [6, 6.07) is 18.0. The topological polar surface area (TPSA) is 81.3 Å². The van der Waals surface area contributed by atoms with E-state index in [0.717, 1.165) is 58.3 Å². The molecule has 1 amide bonds. The van der Waals surface area contributed by atoms with Crippen LogP contribution in [0.15, 0.2) is 59.4 Å². The lowest BCUT2D eigenvalue weighted by molar-refractivity contribution is -0.117. The van der Waals surface area contributed by atoms with Gasteiger partial charge in [0.25, 0.3) is 5.56 Å². The minimum absolute atomic E-state index is 0.0123. The second-order valence-corrected chi connectivity index (χ2v) is 10.2. The third-order valence-corrected chi connectivity index (χ3v) is 7.68. The number of fused-ring (bicyclic) bond motifs is 1. The van der Waals surface area contributed by atoms with E-state index in [2.05, 4.69) is 20.1 Å². The molecule has 8 heteroatoms. The fraction of sp³-hybridized carbons (Fsp3) is 0.296. The largest absolute Gasteiger partial charge is 0.324 e. The molecule has 0 radical (unpaired) electrons. The zero-order valence-electron chi connectivity index (χ0n) is 20.0. The summed E-state index contributed by atoms with van der Waals surface area (Å²) in [5, 5.41) is 3.80. The molecule has 2 N–H and O–H groups in total. The van der Waals surface area contributed by atoms with Crippen molar-refractivity contribution in [3.8, 4) is 11.1 Å². The number of aryl methyl sites for hydroxylation is 2. The molecule has 0 saturated carbocycles. The summed E-state index contributed by atoms with van der Waals surface area (Å²) in [7, 11) is 0. The van der Waals surface area contributed by atoms with Gasteiger partial charge in [-0.05, 0) is 31.0 Å². The lowest BCUT2D eigenvalue weighted by atomic mass is 10.0. The van der Waals surface area contributed by atoms with Gasteiger partial charge in [0.05, 0.1) is 18.5 Å². The molecule has 7 nitrogen and oxygen atoms in total. The van der Waals surface area contributed by atoms with Crippen molar-refractivity contribution in [3.63, 3.8) is 0 Å². The highest BCUT2D eigenvalue weighted by molar-refractivity contribution is 7.18. The second-order valence-electron chi connectivity index (χ2n) is 8.99. The number of aromatic nitrogens is 2. The molecule has 1 saturated heterocycles. The van der Waals surface area contributed by atoms with Crippen LogP contribution in [0.5, 0.6) is 0 Å². The van der Waals surface area contributed by atoms with Crippen LogP contribution in [0, 0.1) is 13.8 Å². The van der Waals surface area contributed by atoms with Gasteiger partial charge in [0.15, 0.2) is 0 Å². The van der Waals surface area contributed by atoms with E-state index in [0.29, 0.717) is 24.3 Å². The van der Waals surface area contributed by atoms with Crippen LogP contribution >= 0.6 is 11.3 Å². The number of nitrogens with one attached hydrogen (secondary N) is 2. The normalized spacial score (nSPS) is 14.9. The molecule has 0 bridgehead atoms. The molecule has 2 aromatic carbocycles. The Labute approximate surface area is 208 Å². The Morgan fingerprint density at radius 3 is 2.46 bits per heavy atom. The first-order valence-corrected chi connectivity index (χ1v) is 12.7. The third-order valence-electron chi connectivity index (χ3n) is 6.58. The van der Waals surface area contributed by atoms with Gasteiger partial charge in [-0.3, -0.25) is 19.4 Å². The van der Waals surface area contributed by atoms with E-state index < -0.39 is 0 Å². The van der Waals surface area contributed by atoms with Crippen molar-refractivity contribution in [2.24, 2.45) is 0 Å². The fourth-order valence-electron chi connectivity index (χ4n) is 4.55. The van der Waals surface area contributed by atoms with Crippen LogP contribution in [0.2, 0.25) is 0 Å². The standard InChI is InChI=1S/C27H29N5O2S/c1-18-19(2)35-27-25(18)26(34)29-23(30-27)16-31-12-14-32(15-13-31)17-24(33)28-22-11-7-6-10-21(22)20-8-4-3-5-9-20/h3-11H,12-17H2,1-2H3,(H,28,33)(H,29,30,34). The lowest BCUT2D eigenvalue weighted by Gasteiger charge is -2.33. The number of anilines is 1. The Bertz CT molecular complexity index is 1400. The van der Waals surface area contributed by atoms with Gasteiger partial charge in [0.2, 0.25) is 5.91 Å². The van der Waals surface area contributed by atoms with Crippen molar-refractivity contribution in [1.82, 2.24) is 19.8 Å². The number of benzene rings is 2. The maximum atomic E-state index is 12.8. The Morgan fingerprint density at radius 2 is 1.69 bits per heavy atom. The second kappa shape index (κ2) is 10.1. The highest BCUT2D eigenvalue weighted by Crippen LogP contribution is 2.28. The molecule has 0 unspecified atom stereocenters. The van der Waals surface area contributed by atoms with E-state index in [-0.39, 0.29) is 11.5 Å². The number of nitrogens with zero attached hydrogens (tertiary/aromatic N) is 3. The number of hydrogen-bond donors (Lipinski definition) is 2. The van der Waals surface area contributed by atoms with Crippen LogP contribution in [0.3, 0.4) is 0 Å². The predicted molar refractivity (Wildman–Crippen MR) is 142 cm³/mol. The smallest absolute Gasteiger partial charge is 0.259 e. The summed E-state index contributed by atoms with van der Waals surface area (Å²) in [5.41, 5.74) is 3.88. The van der Waals surface area contributed by atoms with Gasteiger partial charge in [-0.25, -0.2) is 4.98 Å². The first kappa shape index (κ1) is 23.4. The highest BCUT2D eigenvalue weighted by Gasteiger charge is 2.21. The summed E-state index contributed by atoms with van der Waals surface area (Å²) in [4.78, 5) is 39.4. The average Bonchev–Trinajstić information content (AvgIpc) is 3.14. The lowest BCUT2D eigenvalue weighted by Crippen LogP contribution is -2.48. The van der Waals surface area contributed by atoms with Crippen LogP contribution < -0.4 is 10.9 Å². The van der Waals surface area contributed by atoms with Gasteiger partial charge in [0.1, 0.15) is 10.7 Å². The molecule has 1 aliphatic heterocycles. The number of hydrogen-bond acceptors (Lipinski definition) is 6. The number of thiophene rings is 1. The van der Waals surface area contributed by atoms with Crippen LogP contribution in [0.25, 0.3) is 21.3 Å². The van der Waals surface area contributed by atoms with E-state index in [1.807, 2.05) is 68.4 Å². The number of aromatic amines is 1. The number of rotatable bonds is 6. The quantitative estimate of drug-likeness (QED) is 0.429. The fourth-order valence-corrected chi connectivity index (χ4v) is 5.59. The number of piperazine rings is 1. The summed E-state index contributed by atoms with van der Waals surface area (Å²) in [6.45, 7) is 8.17. The molecule has 0 atom stereocenters. The maximum Gasteiger partial charge on any atom is 0.259 e. The summed E-state index contributed by atoms with van der Waals surface area (Å²) in [5.74, 6) is 0.689. The maximum absolute atomic E-state index is 12.8. The minimum atomic E-state index is -0.0575. The molecule has 1 fully saturated rings. The molecule has 0 aliphatic carbocycles. The van der Waals surface area contributed by atoms with Crippen LogP contribution in [-0.4, -0.2) is 58.4 Å². The molecule has 0 spiro atoms. The molecular weight excluding hydrogens is 458 g/mol. The van der Waals surface area contributed by atoms with Crippen LogP contribution in [0.4, 0.5) is 5.69 Å². The van der Waals surface area contributed by atoms with Gasteiger partial charge >= 0.3 is 0 Å². The first-order valence-electron chi connectivity index (χ1n) is 11.9. The summed E-state index contributed by atoms with van der Waals surface area (Å²) in [6.07, 6.45) is 0. The van der Waals surface area contributed by atoms with Crippen molar-refractivity contribution < 1.29 is 4.79 Å². The Kier molecular flexibility index (Phi) is 6.77. The van der Waals surface area contributed by atoms with Crippen molar-refractivity contribution in [3.05, 3.63) is 81.2 Å². The molecule has 5 rings (SSSR count). The van der Waals surface area contributed by atoms with Crippen molar-refractivity contribution in [1.29, 1.82) is 0 Å². The molecule has 4 aromatic rings. The Hall–Kier alpha value is -3.33. The van der Waals surface area contributed by atoms with Crippen molar-refractivity contribution in [2.75, 3.05) is 38.0 Å². The number of para-hydroxylation sites is 1. The van der Waals surface area contributed by atoms with E-state index in [1.54, 1.807) is 11.3 Å². The molecule has 180 valence electrons. The number of amides is 1. The SMILES string of the molecule is Cc1sc2nc(CN3CCN(CC(=O)Nc4ccccc4-c4ccccc4)CC3)[nH]c(=O)c2c1C. The Morgan fingerprint density at radius 1 is 1.00 bits per heavy atom. The first-order chi connectivity index (χ1) is 17.0. The zero-order valence-corrected chi connectivity index (χ0v) is 20.8. The van der Waals surface area contributed by atoms with E-state index in [4.69, 9.17) is 4.98 Å². The summed E-state index contributed by atoms with van der Waals surface area (Å²) >= 11 is 1.57. The van der Waals surface area contributed by atoms with E-state index >= 15 is 0 Å². The van der Waals surface area contributed by atoms with Crippen LogP contribution in [0.1, 0.15) is 16.3 Å². The number of carbonyl (C=O) groups is 1. The van der Waals surface area contributed by atoms with Gasteiger partial charge in [-0.15, -0.1) is 11.3 Å². The minimum Gasteiger partial charge on any atom is -0.324 e. The monoisotopic (exact) mass is 487 g/mol. The van der Waals surface area contributed by atoms with Crippen molar-refractivity contribution >= 4 is 33.1 Å². The van der Waals surface area contributed by atoms with Gasteiger partial charge < -0.3 is 10.3 Å². The summed E-state index contributed by atoms with van der Waals surface area (Å²) < 4.78 is 0. The molecule has 2 aromatic heterocycles. The number of carbonyl (C=O) groups excluding carboxylic acids is 1. The predicted octanol–water partition coefficient (Wildman–Crippen LogP) is 4.02.